The molecular weight excluding hydrogens is 378 g/mol. The standard InChI is InChI=1S/C24H29N3O3/c1-2-18-3-9-22(10-4-18)26-12-14-27(15-13-26)24(29)23(28)25-21-7-5-19(6-8-21)20-11-16-30-17-20/h3-10,20H,2,11-17H2,1H3,(H,25,28). The zero-order chi connectivity index (χ0) is 20.9. The molecule has 2 heterocycles. The summed E-state index contributed by atoms with van der Waals surface area (Å²) in [5, 5.41) is 2.74. The molecule has 30 heavy (non-hydrogen) atoms. The molecule has 2 aliphatic rings. The summed E-state index contributed by atoms with van der Waals surface area (Å²) in [5.74, 6) is -0.622. The minimum absolute atomic E-state index is 0.422. The molecule has 0 bridgehead atoms. The molecule has 0 saturated carbocycles. The van der Waals surface area contributed by atoms with Gasteiger partial charge < -0.3 is 19.9 Å². The van der Waals surface area contributed by atoms with Crippen molar-refractivity contribution in [3.05, 3.63) is 59.7 Å². The van der Waals surface area contributed by atoms with Gasteiger partial charge in [-0.2, -0.15) is 0 Å². The van der Waals surface area contributed by atoms with Gasteiger partial charge in [-0.15, -0.1) is 0 Å². The van der Waals surface area contributed by atoms with Gasteiger partial charge in [0.05, 0.1) is 6.61 Å². The zero-order valence-electron chi connectivity index (χ0n) is 17.5. The molecule has 2 aromatic rings. The Kier molecular flexibility index (Phi) is 6.33. The van der Waals surface area contributed by atoms with E-state index in [0.717, 1.165) is 44.8 Å². The number of benzene rings is 2. The van der Waals surface area contributed by atoms with Gasteiger partial charge in [0, 0.05) is 50.1 Å². The summed E-state index contributed by atoms with van der Waals surface area (Å²) in [5.41, 5.74) is 4.33. The van der Waals surface area contributed by atoms with Gasteiger partial charge in [-0.3, -0.25) is 9.59 Å². The number of hydrogen-bond acceptors (Lipinski definition) is 4. The van der Waals surface area contributed by atoms with E-state index in [-0.39, 0.29) is 0 Å². The van der Waals surface area contributed by atoms with Crippen LogP contribution in [0.15, 0.2) is 48.5 Å². The first-order valence-corrected chi connectivity index (χ1v) is 10.8. The Morgan fingerprint density at radius 3 is 2.30 bits per heavy atom. The Balaban J connectivity index is 1.28. The lowest BCUT2D eigenvalue weighted by molar-refractivity contribution is -0.143. The molecule has 0 radical (unpaired) electrons. The van der Waals surface area contributed by atoms with Crippen LogP contribution in [0.5, 0.6) is 0 Å². The third-order valence-corrected chi connectivity index (χ3v) is 6.04. The van der Waals surface area contributed by atoms with Gasteiger partial charge in [0.1, 0.15) is 0 Å². The summed E-state index contributed by atoms with van der Waals surface area (Å²) in [7, 11) is 0. The van der Waals surface area contributed by atoms with Crippen LogP contribution in [0, 0.1) is 0 Å². The quantitative estimate of drug-likeness (QED) is 0.792. The van der Waals surface area contributed by atoms with E-state index in [1.165, 1.54) is 11.1 Å². The molecule has 0 aromatic heterocycles. The van der Waals surface area contributed by atoms with Gasteiger partial charge in [-0.05, 0) is 48.2 Å². The van der Waals surface area contributed by atoms with E-state index in [1.54, 1.807) is 4.90 Å². The summed E-state index contributed by atoms with van der Waals surface area (Å²) in [6.07, 6.45) is 2.05. The van der Waals surface area contributed by atoms with Gasteiger partial charge in [0.15, 0.2) is 0 Å². The molecule has 2 saturated heterocycles. The van der Waals surface area contributed by atoms with Gasteiger partial charge in [0.25, 0.3) is 0 Å². The summed E-state index contributed by atoms with van der Waals surface area (Å²) >= 11 is 0. The van der Waals surface area contributed by atoms with Crippen LogP contribution in [-0.4, -0.2) is 56.1 Å². The Labute approximate surface area is 177 Å². The Morgan fingerprint density at radius 2 is 1.70 bits per heavy atom. The highest BCUT2D eigenvalue weighted by atomic mass is 16.5. The molecule has 4 rings (SSSR count). The molecule has 2 amide bonds. The third-order valence-electron chi connectivity index (χ3n) is 6.04. The number of nitrogens with one attached hydrogen (secondary N) is 1. The Hall–Kier alpha value is -2.86. The molecular formula is C24H29N3O3. The minimum atomic E-state index is -0.576. The normalized spacial score (nSPS) is 19.0. The van der Waals surface area contributed by atoms with Crippen LogP contribution in [0.25, 0.3) is 0 Å². The van der Waals surface area contributed by atoms with Gasteiger partial charge in [-0.1, -0.05) is 31.2 Å². The molecule has 6 heteroatoms. The van der Waals surface area contributed by atoms with Crippen molar-refractivity contribution in [1.29, 1.82) is 0 Å². The van der Waals surface area contributed by atoms with E-state index in [1.807, 2.05) is 24.3 Å². The van der Waals surface area contributed by atoms with Crippen molar-refractivity contribution in [2.75, 3.05) is 49.6 Å². The molecule has 0 aliphatic carbocycles. The van der Waals surface area contributed by atoms with E-state index in [2.05, 4.69) is 41.4 Å². The number of rotatable bonds is 4. The van der Waals surface area contributed by atoms with Crippen molar-refractivity contribution >= 4 is 23.2 Å². The lowest BCUT2D eigenvalue weighted by atomic mass is 9.98. The van der Waals surface area contributed by atoms with Crippen LogP contribution >= 0.6 is 0 Å². The number of nitrogens with zero attached hydrogens (tertiary/aromatic N) is 2. The maximum absolute atomic E-state index is 12.6. The van der Waals surface area contributed by atoms with E-state index < -0.39 is 11.8 Å². The summed E-state index contributed by atoms with van der Waals surface area (Å²) < 4.78 is 5.43. The third kappa shape index (κ3) is 4.65. The molecule has 0 spiro atoms. The van der Waals surface area contributed by atoms with Crippen LogP contribution in [-0.2, 0) is 20.7 Å². The second kappa shape index (κ2) is 9.30. The fourth-order valence-electron chi connectivity index (χ4n) is 4.07. The number of piperazine rings is 1. The fraction of sp³-hybridized carbons (Fsp3) is 0.417. The van der Waals surface area contributed by atoms with Crippen LogP contribution in [0.2, 0.25) is 0 Å². The van der Waals surface area contributed by atoms with Gasteiger partial charge >= 0.3 is 11.8 Å². The molecule has 2 fully saturated rings. The number of anilines is 2. The number of carbonyl (C=O) groups is 2. The first-order valence-electron chi connectivity index (χ1n) is 10.8. The van der Waals surface area contributed by atoms with Crippen LogP contribution < -0.4 is 10.2 Å². The SMILES string of the molecule is CCc1ccc(N2CCN(C(=O)C(=O)Nc3ccc(C4CCOC4)cc3)CC2)cc1. The van der Waals surface area contributed by atoms with Crippen LogP contribution in [0.1, 0.15) is 30.4 Å². The molecule has 1 atom stereocenters. The number of aryl methyl sites for hydroxylation is 1. The van der Waals surface area contributed by atoms with Crippen molar-refractivity contribution in [3.8, 4) is 0 Å². The molecule has 2 aliphatic heterocycles. The summed E-state index contributed by atoms with van der Waals surface area (Å²) in [6, 6.07) is 16.3. The fourth-order valence-corrected chi connectivity index (χ4v) is 4.07. The highest BCUT2D eigenvalue weighted by Gasteiger charge is 2.26. The second-order valence-electron chi connectivity index (χ2n) is 7.94. The van der Waals surface area contributed by atoms with Gasteiger partial charge in [0.2, 0.25) is 0 Å². The molecule has 1 unspecified atom stereocenters. The first-order chi connectivity index (χ1) is 14.6. The molecule has 1 N–H and O–H groups in total. The maximum atomic E-state index is 12.6. The largest absolute Gasteiger partial charge is 0.381 e. The summed E-state index contributed by atoms with van der Waals surface area (Å²) in [4.78, 5) is 28.9. The van der Waals surface area contributed by atoms with Crippen molar-refractivity contribution in [2.45, 2.75) is 25.7 Å². The monoisotopic (exact) mass is 407 g/mol. The zero-order valence-corrected chi connectivity index (χ0v) is 17.5. The topological polar surface area (TPSA) is 61.9 Å². The van der Waals surface area contributed by atoms with E-state index >= 15 is 0 Å². The lowest BCUT2D eigenvalue weighted by Crippen LogP contribution is -2.51. The van der Waals surface area contributed by atoms with Crippen molar-refractivity contribution in [2.24, 2.45) is 0 Å². The highest BCUT2D eigenvalue weighted by Crippen LogP contribution is 2.26. The van der Waals surface area contributed by atoms with Crippen molar-refractivity contribution in [3.63, 3.8) is 0 Å². The van der Waals surface area contributed by atoms with Crippen molar-refractivity contribution in [1.82, 2.24) is 4.90 Å². The lowest BCUT2D eigenvalue weighted by Gasteiger charge is -2.35. The van der Waals surface area contributed by atoms with E-state index in [4.69, 9.17) is 4.74 Å². The average Bonchev–Trinajstić information content (AvgIpc) is 3.34. The van der Waals surface area contributed by atoms with E-state index in [0.29, 0.717) is 24.7 Å². The number of carbonyl (C=O) groups excluding carboxylic acids is 2. The molecule has 2 aromatic carbocycles. The second-order valence-corrected chi connectivity index (χ2v) is 7.94. The molecule has 6 nitrogen and oxygen atoms in total. The predicted molar refractivity (Wildman–Crippen MR) is 118 cm³/mol. The summed E-state index contributed by atoms with van der Waals surface area (Å²) in [6.45, 7) is 6.23. The highest BCUT2D eigenvalue weighted by molar-refractivity contribution is 6.39. The molecule has 158 valence electrons. The minimum Gasteiger partial charge on any atom is -0.381 e. The number of hydrogen-bond donors (Lipinski definition) is 1. The van der Waals surface area contributed by atoms with Crippen molar-refractivity contribution < 1.29 is 14.3 Å². The smallest absolute Gasteiger partial charge is 0.313 e. The van der Waals surface area contributed by atoms with E-state index in [9.17, 15) is 9.59 Å². The Bertz CT molecular complexity index is 866. The predicted octanol–water partition coefficient (Wildman–Crippen LogP) is 3.04. The first kappa shape index (κ1) is 20.4. The number of amides is 2. The van der Waals surface area contributed by atoms with Crippen LogP contribution in [0.3, 0.4) is 0 Å². The van der Waals surface area contributed by atoms with Gasteiger partial charge in [-0.25, -0.2) is 0 Å². The Morgan fingerprint density at radius 1 is 1.00 bits per heavy atom. The van der Waals surface area contributed by atoms with Crippen LogP contribution in [0.4, 0.5) is 11.4 Å². The maximum Gasteiger partial charge on any atom is 0.313 e. The number of ether oxygens (including phenoxy) is 1. The average molecular weight is 408 g/mol.